The highest BCUT2D eigenvalue weighted by Gasteiger charge is 2.29. The molecule has 0 aliphatic rings. The van der Waals surface area contributed by atoms with Crippen LogP contribution in [0, 0.1) is 10.1 Å². The first-order valence-corrected chi connectivity index (χ1v) is 6.72. The van der Waals surface area contributed by atoms with E-state index in [1.54, 1.807) is 6.07 Å². The highest BCUT2D eigenvalue weighted by atomic mass is 16.6. The Labute approximate surface area is 114 Å². The Morgan fingerprint density at radius 2 is 1.47 bits per heavy atom. The van der Waals surface area contributed by atoms with Gasteiger partial charge in [0.25, 0.3) is 5.69 Å². The first-order chi connectivity index (χ1) is 8.68. The van der Waals surface area contributed by atoms with E-state index in [0.29, 0.717) is 16.7 Å². The molecule has 0 aliphatic carbocycles. The van der Waals surface area contributed by atoms with Crippen LogP contribution in [0.15, 0.2) is 6.07 Å². The number of rotatable bonds is 4. The predicted molar refractivity (Wildman–Crippen MR) is 77.0 cm³/mol. The molecule has 0 heterocycles. The molecule has 0 aromatic heterocycles. The summed E-state index contributed by atoms with van der Waals surface area (Å²) in [6.45, 7) is 11.6. The van der Waals surface area contributed by atoms with Crippen LogP contribution in [0.4, 0.5) is 5.69 Å². The number of nitro benzene ring substituents is 1. The number of hydrogen-bond donors (Lipinski definition) is 1. The number of aromatic hydroxyl groups is 1. The Morgan fingerprint density at radius 1 is 1.00 bits per heavy atom. The lowest BCUT2D eigenvalue weighted by atomic mass is 9.84. The molecule has 1 aromatic rings. The fourth-order valence-electron chi connectivity index (χ4n) is 2.55. The standard InChI is InChI=1S/C15H23NO3/c1-8(2)11-7-12(17)13(9(3)4)14(10(5)6)15(11)16(18)19/h7-10,17H,1-6H3. The van der Waals surface area contributed by atoms with Gasteiger partial charge in [0, 0.05) is 16.7 Å². The molecule has 0 spiro atoms. The van der Waals surface area contributed by atoms with Crippen LogP contribution in [0.3, 0.4) is 0 Å². The smallest absolute Gasteiger partial charge is 0.276 e. The summed E-state index contributed by atoms with van der Waals surface area (Å²) in [5.41, 5.74) is 2.15. The zero-order valence-corrected chi connectivity index (χ0v) is 12.5. The first kappa shape index (κ1) is 15.5. The minimum atomic E-state index is -0.310. The van der Waals surface area contributed by atoms with E-state index in [1.807, 2.05) is 41.5 Å². The minimum Gasteiger partial charge on any atom is -0.508 e. The third-order valence-corrected chi connectivity index (χ3v) is 3.35. The van der Waals surface area contributed by atoms with E-state index in [4.69, 9.17) is 0 Å². The molecule has 0 fully saturated rings. The molecule has 0 atom stereocenters. The topological polar surface area (TPSA) is 63.4 Å². The number of phenolic OH excluding ortho intramolecular Hbond substituents is 1. The Morgan fingerprint density at radius 3 is 1.79 bits per heavy atom. The lowest BCUT2D eigenvalue weighted by molar-refractivity contribution is -0.386. The van der Waals surface area contributed by atoms with Gasteiger partial charge in [-0.05, 0) is 23.8 Å². The maximum absolute atomic E-state index is 11.5. The van der Waals surface area contributed by atoms with E-state index < -0.39 is 0 Å². The van der Waals surface area contributed by atoms with Crippen molar-refractivity contribution < 1.29 is 10.0 Å². The van der Waals surface area contributed by atoms with Gasteiger partial charge < -0.3 is 5.11 Å². The quantitative estimate of drug-likeness (QED) is 0.635. The van der Waals surface area contributed by atoms with Crippen LogP contribution in [0.25, 0.3) is 0 Å². The average Bonchev–Trinajstić information content (AvgIpc) is 2.25. The van der Waals surface area contributed by atoms with Gasteiger partial charge in [0.05, 0.1) is 4.92 Å². The molecule has 1 N–H and O–H groups in total. The Balaban J connectivity index is 3.81. The molecule has 0 saturated heterocycles. The van der Waals surface area contributed by atoms with Gasteiger partial charge in [-0.3, -0.25) is 10.1 Å². The molecule has 4 nitrogen and oxygen atoms in total. The summed E-state index contributed by atoms with van der Waals surface area (Å²) in [6, 6.07) is 1.56. The number of phenols is 1. The molecular formula is C15H23NO3. The van der Waals surface area contributed by atoms with Crippen molar-refractivity contribution in [3.63, 3.8) is 0 Å². The zero-order valence-electron chi connectivity index (χ0n) is 12.5. The predicted octanol–water partition coefficient (Wildman–Crippen LogP) is 4.67. The molecule has 0 aliphatic heterocycles. The summed E-state index contributed by atoms with van der Waals surface area (Å²) < 4.78 is 0. The van der Waals surface area contributed by atoms with Gasteiger partial charge in [-0.2, -0.15) is 0 Å². The summed E-state index contributed by atoms with van der Waals surface area (Å²) in [5, 5.41) is 21.7. The van der Waals surface area contributed by atoms with Gasteiger partial charge in [-0.25, -0.2) is 0 Å². The van der Waals surface area contributed by atoms with Crippen molar-refractivity contribution in [3.05, 3.63) is 32.9 Å². The van der Waals surface area contributed by atoms with Crippen molar-refractivity contribution in [1.82, 2.24) is 0 Å². The van der Waals surface area contributed by atoms with Crippen molar-refractivity contribution in [3.8, 4) is 5.75 Å². The summed E-state index contributed by atoms with van der Waals surface area (Å²) in [6.07, 6.45) is 0. The summed E-state index contributed by atoms with van der Waals surface area (Å²) in [5.74, 6) is 0.234. The number of nitrogens with zero attached hydrogens (tertiary/aromatic N) is 1. The average molecular weight is 265 g/mol. The molecule has 0 saturated carbocycles. The van der Waals surface area contributed by atoms with E-state index in [1.165, 1.54) is 0 Å². The van der Waals surface area contributed by atoms with E-state index in [0.717, 1.165) is 0 Å². The number of hydrogen-bond acceptors (Lipinski definition) is 3. The van der Waals surface area contributed by atoms with Gasteiger partial charge in [-0.1, -0.05) is 41.5 Å². The van der Waals surface area contributed by atoms with Crippen molar-refractivity contribution in [2.24, 2.45) is 0 Å². The molecule has 1 aromatic carbocycles. The van der Waals surface area contributed by atoms with Crippen LogP contribution < -0.4 is 0 Å². The van der Waals surface area contributed by atoms with Crippen LogP contribution in [0.5, 0.6) is 5.75 Å². The third-order valence-electron chi connectivity index (χ3n) is 3.35. The monoisotopic (exact) mass is 265 g/mol. The molecule has 106 valence electrons. The van der Waals surface area contributed by atoms with Gasteiger partial charge in [-0.15, -0.1) is 0 Å². The Kier molecular flexibility index (Phi) is 4.56. The number of benzene rings is 1. The van der Waals surface area contributed by atoms with Crippen LogP contribution in [-0.2, 0) is 0 Å². The molecule has 19 heavy (non-hydrogen) atoms. The van der Waals surface area contributed by atoms with E-state index in [-0.39, 0.29) is 34.1 Å². The van der Waals surface area contributed by atoms with Crippen LogP contribution in [0.2, 0.25) is 0 Å². The van der Waals surface area contributed by atoms with Crippen molar-refractivity contribution in [2.75, 3.05) is 0 Å². The minimum absolute atomic E-state index is 0.00222. The Bertz CT molecular complexity index is 491. The molecule has 0 unspecified atom stereocenters. The second-order valence-electron chi connectivity index (χ2n) is 5.88. The fraction of sp³-hybridized carbons (Fsp3) is 0.600. The molecule has 0 bridgehead atoms. The van der Waals surface area contributed by atoms with Crippen LogP contribution >= 0.6 is 0 Å². The fourth-order valence-corrected chi connectivity index (χ4v) is 2.55. The molecular weight excluding hydrogens is 242 g/mol. The summed E-state index contributed by atoms with van der Waals surface area (Å²) in [4.78, 5) is 11.2. The van der Waals surface area contributed by atoms with Crippen molar-refractivity contribution in [2.45, 2.75) is 59.3 Å². The molecule has 1 rings (SSSR count). The summed E-state index contributed by atoms with van der Waals surface area (Å²) in [7, 11) is 0. The summed E-state index contributed by atoms with van der Waals surface area (Å²) >= 11 is 0. The maximum Gasteiger partial charge on any atom is 0.276 e. The lowest BCUT2D eigenvalue weighted by Crippen LogP contribution is -2.08. The third kappa shape index (κ3) is 2.88. The van der Waals surface area contributed by atoms with Crippen LogP contribution in [-0.4, -0.2) is 10.0 Å². The van der Waals surface area contributed by atoms with Gasteiger partial charge in [0.15, 0.2) is 0 Å². The lowest BCUT2D eigenvalue weighted by Gasteiger charge is -2.21. The van der Waals surface area contributed by atoms with E-state index in [9.17, 15) is 15.2 Å². The normalized spacial score (nSPS) is 11.6. The van der Waals surface area contributed by atoms with Gasteiger partial charge in [0.1, 0.15) is 5.75 Å². The first-order valence-electron chi connectivity index (χ1n) is 6.72. The van der Waals surface area contributed by atoms with Crippen molar-refractivity contribution >= 4 is 5.69 Å². The largest absolute Gasteiger partial charge is 0.508 e. The maximum atomic E-state index is 11.5. The zero-order chi connectivity index (χ0) is 14.9. The van der Waals surface area contributed by atoms with Crippen LogP contribution in [0.1, 0.15) is 76.0 Å². The molecule has 0 amide bonds. The second kappa shape index (κ2) is 5.59. The second-order valence-corrected chi connectivity index (χ2v) is 5.88. The SMILES string of the molecule is CC(C)c1cc(O)c(C(C)C)c(C(C)C)c1[N+](=O)[O-]. The Hall–Kier alpha value is -1.58. The van der Waals surface area contributed by atoms with E-state index >= 15 is 0 Å². The highest BCUT2D eigenvalue weighted by Crippen LogP contribution is 2.43. The van der Waals surface area contributed by atoms with E-state index in [2.05, 4.69) is 0 Å². The molecule has 0 radical (unpaired) electrons. The van der Waals surface area contributed by atoms with Gasteiger partial charge in [0.2, 0.25) is 0 Å². The van der Waals surface area contributed by atoms with Gasteiger partial charge >= 0.3 is 0 Å². The number of nitro groups is 1. The molecule has 4 heteroatoms. The van der Waals surface area contributed by atoms with Crippen molar-refractivity contribution in [1.29, 1.82) is 0 Å². The highest BCUT2D eigenvalue weighted by molar-refractivity contribution is 5.60.